The summed E-state index contributed by atoms with van der Waals surface area (Å²) in [6.45, 7) is 5.31. The lowest BCUT2D eigenvalue weighted by atomic mass is 10.1. The first kappa shape index (κ1) is 14.2. The molecular formula is C12H22N2O2S2. The summed E-state index contributed by atoms with van der Waals surface area (Å²) in [6, 6.07) is 0.0628. The maximum atomic E-state index is 11.6. The molecule has 2 rings (SSSR count). The van der Waals surface area contributed by atoms with E-state index in [4.69, 9.17) is 0 Å². The molecule has 0 aliphatic carbocycles. The minimum Gasteiger partial charge on any atom is -0.361 e. The SMILES string of the molecule is CC(C)CC1CN=C(NC2CCCS(=O)(=O)C2)S1. The second-order valence-corrected chi connectivity index (χ2v) is 9.13. The highest BCUT2D eigenvalue weighted by Gasteiger charge is 2.28. The highest BCUT2D eigenvalue weighted by molar-refractivity contribution is 8.14. The van der Waals surface area contributed by atoms with Gasteiger partial charge in [0.1, 0.15) is 0 Å². The van der Waals surface area contributed by atoms with Crippen molar-refractivity contribution in [3.8, 4) is 0 Å². The quantitative estimate of drug-likeness (QED) is 0.859. The number of sulfone groups is 1. The van der Waals surface area contributed by atoms with Crippen LogP contribution in [0.5, 0.6) is 0 Å². The average molecular weight is 290 g/mol. The molecule has 2 aliphatic rings. The fourth-order valence-electron chi connectivity index (χ4n) is 2.46. The van der Waals surface area contributed by atoms with E-state index in [1.54, 1.807) is 11.8 Å². The lowest BCUT2D eigenvalue weighted by Gasteiger charge is -2.23. The Labute approximate surface area is 114 Å². The summed E-state index contributed by atoms with van der Waals surface area (Å²) in [5.74, 6) is 1.30. The molecule has 0 aromatic carbocycles. The van der Waals surface area contributed by atoms with Crippen molar-refractivity contribution in [3.05, 3.63) is 0 Å². The monoisotopic (exact) mass is 290 g/mol. The Bertz CT molecular complexity index is 418. The van der Waals surface area contributed by atoms with E-state index in [2.05, 4.69) is 24.2 Å². The molecule has 0 aromatic rings. The molecular weight excluding hydrogens is 268 g/mol. The minimum absolute atomic E-state index is 0.0628. The first-order chi connectivity index (χ1) is 8.44. The summed E-state index contributed by atoms with van der Waals surface area (Å²) in [5, 5.41) is 4.82. The van der Waals surface area contributed by atoms with E-state index < -0.39 is 9.84 Å². The Morgan fingerprint density at radius 2 is 2.28 bits per heavy atom. The zero-order valence-electron chi connectivity index (χ0n) is 11.1. The number of hydrogen-bond donors (Lipinski definition) is 1. The third-order valence-corrected chi connectivity index (χ3v) is 6.21. The molecule has 0 spiro atoms. The summed E-state index contributed by atoms with van der Waals surface area (Å²) >= 11 is 1.78. The van der Waals surface area contributed by atoms with Crippen LogP contribution in [0.15, 0.2) is 4.99 Å². The summed E-state index contributed by atoms with van der Waals surface area (Å²) in [6.07, 6.45) is 2.88. The predicted molar refractivity (Wildman–Crippen MR) is 77.9 cm³/mol. The molecule has 4 nitrogen and oxygen atoms in total. The molecule has 2 aliphatic heterocycles. The summed E-state index contributed by atoms with van der Waals surface area (Å²) in [4.78, 5) is 4.49. The molecule has 1 saturated heterocycles. The van der Waals surface area contributed by atoms with Crippen molar-refractivity contribution in [2.45, 2.75) is 44.4 Å². The number of thioether (sulfide) groups is 1. The van der Waals surface area contributed by atoms with Gasteiger partial charge < -0.3 is 5.32 Å². The van der Waals surface area contributed by atoms with E-state index in [0.717, 1.165) is 24.6 Å². The zero-order valence-corrected chi connectivity index (χ0v) is 12.7. The van der Waals surface area contributed by atoms with Crippen molar-refractivity contribution in [3.63, 3.8) is 0 Å². The number of aliphatic imine (C=N–C) groups is 1. The van der Waals surface area contributed by atoms with Gasteiger partial charge in [0.15, 0.2) is 15.0 Å². The van der Waals surface area contributed by atoms with Gasteiger partial charge in [-0.05, 0) is 25.2 Å². The second-order valence-electron chi connectivity index (χ2n) is 5.61. The molecule has 1 fully saturated rings. The van der Waals surface area contributed by atoms with Crippen LogP contribution in [0.4, 0.5) is 0 Å². The van der Waals surface area contributed by atoms with Crippen molar-refractivity contribution in [1.82, 2.24) is 5.32 Å². The smallest absolute Gasteiger partial charge is 0.157 e. The Morgan fingerprint density at radius 1 is 1.50 bits per heavy atom. The number of amidine groups is 1. The van der Waals surface area contributed by atoms with Crippen molar-refractivity contribution in [2.24, 2.45) is 10.9 Å². The fraction of sp³-hybridized carbons (Fsp3) is 0.917. The first-order valence-electron chi connectivity index (χ1n) is 6.62. The maximum absolute atomic E-state index is 11.6. The summed E-state index contributed by atoms with van der Waals surface area (Å²) in [5.41, 5.74) is 0. The topological polar surface area (TPSA) is 58.5 Å². The highest BCUT2D eigenvalue weighted by atomic mass is 32.2. The van der Waals surface area contributed by atoms with Gasteiger partial charge in [0.25, 0.3) is 0 Å². The van der Waals surface area contributed by atoms with E-state index in [-0.39, 0.29) is 11.8 Å². The van der Waals surface area contributed by atoms with Crippen LogP contribution in [0.2, 0.25) is 0 Å². The van der Waals surface area contributed by atoms with Gasteiger partial charge in [-0.2, -0.15) is 0 Å². The molecule has 2 heterocycles. The molecule has 2 atom stereocenters. The zero-order chi connectivity index (χ0) is 13.2. The predicted octanol–water partition coefficient (Wildman–Crippen LogP) is 1.67. The second kappa shape index (κ2) is 5.82. The van der Waals surface area contributed by atoms with Crippen LogP contribution < -0.4 is 5.32 Å². The molecule has 18 heavy (non-hydrogen) atoms. The van der Waals surface area contributed by atoms with Crippen LogP contribution in [0.25, 0.3) is 0 Å². The van der Waals surface area contributed by atoms with Gasteiger partial charge in [-0.15, -0.1) is 0 Å². The Hall–Kier alpha value is -0.230. The number of nitrogens with zero attached hydrogens (tertiary/aromatic N) is 1. The van der Waals surface area contributed by atoms with Crippen LogP contribution >= 0.6 is 11.8 Å². The van der Waals surface area contributed by atoms with Gasteiger partial charge in [-0.25, -0.2) is 8.42 Å². The van der Waals surface area contributed by atoms with Gasteiger partial charge in [0, 0.05) is 11.3 Å². The molecule has 1 N–H and O–H groups in total. The van der Waals surface area contributed by atoms with Crippen molar-refractivity contribution in [2.75, 3.05) is 18.1 Å². The molecule has 0 saturated carbocycles. The molecule has 0 amide bonds. The van der Waals surface area contributed by atoms with Gasteiger partial charge in [-0.1, -0.05) is 25.6 Å². The molecule has 104 valence electrons. The van der Waals surface area contributed by atoms with E-state index in [1.165, 1.54) is 6.42 Å². The molecule has 6 heteroatoms. The first-order valence-corrected chi connectivity index (χ1v) is 9.33. The minimum atomic E-state index is -2.83. The molecule has 2 unspecified atom stereocenters. The molecule has 0 radical (unpaired) electrons. The van der Waals surface area contributed by atoms with Crippen molar-refractivity contribution in [1.29, 1.82) is 0 Å². The van der Waals surface area contributed by atoms with Crippen LogP contribution in [0, 0.1) is 5.92 Å². The Balaban J connectivity index is 1.81. The molecule has 0 aromatic heterocycles. The lowest BCUT2D eigenvalue weighted by molar-refractivity contribution is 0.532. The number of rotatable bonds is 3. The third kappa shape index (κ3) is 4.16. The lowest BCUT2D eigenvalue weighted by Crippen LogP contribution is -2.42. The average Bonchev–Trinajstić information content (AvgIpc) is 2.62. The summed E-state index contributed by atoms with van der Waals surface area (Å²) < 4.78 is 23.1. The van der Waals surface area contributed by atoms with E-state index in [1.807, 2.05) is 0 Å². The van der Waals surface area contributed by atoms with Crippen molar-refractivity contribution < 1.29 is 8.42 Å². The number of hydrogen-bond acceptors (Lipinski definition) is 5. The van der Waals surface area contributed by atoms with E-state index in [0.29, 0.717) is 16.9 Å². The summed E-state index contributed by atoms with van der Waals surface area (Å²) in [7, 11) is -2.83. The van der Waals surface area contributed by atoms with E-state index >= 15 is 0 Å². The van der Waals surface area contributed by atoms with Gasteiger partial charge in [0.2, 0.25) is 0 Å². The Morgan fingerprint density at radius 3 is 2.94 bits per heavy atom. The van der Waals surface area contributed by atoms with Gasteiger partial charge >= 0.3 is 0 Å². The fourth-order valence-corrected chi connectivity index (χ4v) is 5.42. The van der Waals surface area contributed by atoms with Crippen LogP contribution in [-0.2, 0) is 9.84 Å². The van der Waals surface area contributed by atoms with Gasteiger partial charge in [0.05, 0.1) is 18.1 Å². The Kier molecular flexibility index (Phi) is 4.59. The van der Waals surface area contributed by atoms with Crippen molar-refractivity contribution >= 4 is 26.8 Å². The molecule has 0 bridgehead atoms. The van der Waals surface area contributed by atoms with Crippen LogP contribution in [0.3, 0.4) is 0 Å². The largest absolute Gasteiger partial charge is 0.361 e. The third-order valence-electron chi connectivity index (χ3n) is 3.24. The van der Waals surface area contributed by atoms with Gasteiger partial charge in [-0.3, -0.25) is 4.99 Å². The van der Waals surface area contributed by atoms with E-state index in [9.17, 15) is 8.42 Å². The standard InChI is InChI=1S/C12H22N2O2S2/c1-9(2)6-11-7-13-12(17-11)14-10-4-3-5-18(15,16)8-10/h9-11H,3-8H2,1-2H3,(H,13,14). The number of nitrogens with one attached hydrogen (secondary N) is 1. The normalized spacial score (nSPS) is 31.4. The maximum Gasteiger partial charge on any atom is 0.157 e. The van der Waals surface area contributed by atoms with Crippen LogP contribution in [0.1, 0.15) is 33.1 Å². The van der Waals surface area contributed by atoms with Crippen LogP contribution in [-0.4, -0.2) is 42.9 Å². The highest BCUT2D eigenvalue weighted by Crippen LogP contribution is 2.26.